The molecule has 9 nitrogen and oxygen atoms in total. The van der Waals surface area contributed by atoms with E-state index in [4.69, 9.17) is 18.6 Å². The minimum Gasteiger partial charge on any atom is -0.507 e. The summed E-state index contributed by atoms with van der Waals surface area (Å²) in [6, 6.07) is 12.3. The molecular formula is C26H23O9+. The topological polar surface area (TPSA) is 140 Å². The lowest BCUT2D eigenvalue weighted by Gasteiger charge is -2.31. The Hall–Kier alpha value is -4.37. The monoisotopic (exact) mass is 479 g/mol. The Balaban J connectivity index is 1.60. The molecule has 1 aromatic heterocycles. The van der Waals surface area contributed by atoms with E-state index in [1.807, 2.05) is 0 Å². The molecule has 2 atom stereocenters. The fraction of sp³-hybridized carbons (Fsp3) is 0.192. The molecule has 35 heavy (non-hydrogen) atoms. The van der Waals surface area contributed by atoms with E-state index < -0.39 is 12.2 Å². The number of phenolic OH excluding ortho intramolecular Hbond substituents is 4. The third-order valence-electron chi connectivity index (χ3n) is 6.08. The molecule has 4 aromatic rings. The van der Waals surface area contributed by atoms with Crippen molar-refractivity contribution in [2.75, 3.05) is 14.2 Å². The van der Waals surface area contributed by atoms with Crippen LogP contribution in [0, 0.1) is 0 Å². The number of methoxy groups -OCH3 is 2. The van der Waals surface area contributed by atoms with Gasteiger partial charge in [0.25, 0.3) is 0 Å². The molecule has 0 bridgehead atoms. The van der Waals surface area contributed by atoms with E-state index in [9.17, 15) is 25.5 Å². The molecule has 0 fully saturated rings. The van der Waals surface area contributed by atoms with Gasteiger partial charge in [0, 0.05) is 30.2 Å². The molecule has 0 amide bonds. The smallest absolute Gasteiger partial charge is 0.368 e. The van der Waals surface area contributed by atoms with Crippen molar-refractivity contribution in [2.24, 2.45) is 0 Å². The number of aromatic hydroxyl groups is 4. The molecular weight excluding hydrogens is 456 g/mol. The van der Waals surface area contributed by atoms with Gasteiger partial charge in [-0.05, 0) is 23.8 Å². The summed E-state index contributed by atoms with van der Waals surface area (Å²) in [7, 11) is 2.85. The molecule has 3 aromatic carbocycles. The Labute approximate surface area is 199 Å². The van der Waals surface area contributed by atoms with Crippen molar-refractivity contribution in [3.05, 3.63) is 59.7 Å². The summed E-state index contributed by atoms with van der Waals surface area (Å²) in [5.74, 6) is 0.342. The summed E-state index contributed by atoms with van der Waals surface area (Å²) < 4.78 is 22.6. The molecule has 1 aliphatic heterocycles. The molecule has 0 saturated carbocycles. The second kappa shape index (κ2) is 8.44. The number of rotatable bonds is 4. The number of hydrogen-bond donors (Lipinski definition) is 5. The van der Waals surface area contributed by atoms with Crippen LogP contribution in [-0.4, -0.2) is 45.9 Å². The lowest BCUT2D eigenvalue weighted by molar-refractivity contribution is 0.0210. The molecule has 0 unspecified atom stereocenters. The molecule has 0 saturated heterocycles. The summed E-state index contributed by atoms with van der Waals surface area (Å²) in [6.07, 6.45) is -1.73. The molecule has 9 heteroatoms. The lowest BCUT2D eigenvalue weighted by atomic mass is 9.92. The average Bonchev–Trinajstić information content (AvgIpc) is 2.85. The van der Waals surface area contributed by atoms with Crippen molar-refractivity contribution in [1.29, 1.82) is 0 Å². The van der Waals surface area contributed by atoms with Crippen molar-refractivity contribution in [3.63, 3.8) is 0 Å². The average molecular weight is 479 g/mol. The number of aliphatic hydroxyl groups is 1. The highest BCUT2D eigenvalue weighted by Crippen LogP contribution is 2.46. The van der Waals surface area contributed by atoms with E-state index in [0.29, 0.717) is 39.2 Å². The Kier molecular flexibility index (Phi) is 5.41. The molecule has 180 valence electrons. The van der Waals surface area contributed by atoms with Gasteiger partial charge in [-0.1, -0.05) is 6.07 Å². The van der Waals surface area contributed by atoms with Gasteiger partial charge in [0.2, 0.25) is 5.75 Å². The first-order valence-electron chi connectivity index (χ1n) is 10.7. The normalized spacial score (nSPS) is 17.0. The zero-order chi connectivity index (χ0) is 24.9. The third-order valence-corrected chi connectivity index (χ3v) is 6.08. The Morgan fingerprint density at radius 2 is 1.57 bits per heavy atom. The van der Waals surface area contributed by atoms with Crippen molar-refractivity contribution in [2.45, 2.75) is 18.6 Å². The number of ether oxygens (including phenoxy) is 3. The van der Waals surface area contributed by atoms with Gasteiger partial charge in [0.1, 0.15) is 16.9 Å². The molecule has 0 aliphatic carbocycles. The largest absolute Gasteiger partial charge is 0.507 e. The van der Waals surface area contributed by atoms with Crippen LogP contribution in [0.3, 0.4) is 0 Å². The summed E-state index contributed by atoms with van der Waals surface area (Å²) in [4.78, 5) is 0. The van der Waals surface area contributed by atoms with Crippen molar-refractivity contribution in [3.8, 4) is 51.6 Å². The number of aliphatic hydroxyl groups excluding tert-OH is 1. The van der Waals surface area contributed by atoms with Crippen LogP contribution >= 0.6 is 0 Å². The SMILES string of the molecule is COc1cc(-c2ccc3c4c(c(O)cc3[o+]2)C[C@H](O)[C@@H](c2ccc(O)c(O)c2)O4)cc(OC)c1O. The van der Waals surface area contributed by atoms with Gasteiger partial charge in [0.05, 0.1) is 32.0 Å². The number of hydrogen-bond acceptors (Lipinski definition) is 8. The van der Waals surface area contributed by atoms with E-state index in [0.717, 1.165) is 0 Å². The molecule has 5 N–H and O–H groups in total. The highest BCUT2D eigenvalue weighted by atomic mass is 16.5. The molecule has 2 heterocycles. The number of benzene rings is 3. The standard InChI is InChI=1S/C26H22O9/c1-32-22-8-13(9-23(33-2)24(22)31)20-6-4-14-21(34-20)11-17(28)15-10-19(30)25(35-26(14)15)12-3-5-16(27)18(29)7-12/h3-9,11,19,25,30H,10H2,1-2H3,(H3-,27,28,29,31)/p+1/t19-,25+/m0/s1. The van der Waals surface area contributed by atoms with Gasteiger partial charge < -0.3 is 39.7 Å². The van der Waals surface area contributed by atoms with E-state index in [1.54, 1.807) is 30.3 Å². The first kappa shape index (κ1) is 22.4. The summed E-state index contributed by atoms with van der Waals surface area (Å²) in [5.41, 5.74) is 1.80. The molecule has 0 radical (unpaired) electrons. The van der Waals surface area contributed by atoms with Crippen LogP contribution < -0.4 is 14.2 Å². The maximum atomic E-state index is 10.7. The van der Waals surface area contributed by atoms with Crippen molar-refractivity contribution < 1.29 is 44.2 Å². The summed E-state index contributed by atoms with van der Waals surface area (Å²) in [6.45, 7) is 0. The van der Waals surface area contributed by atoms with Crippen LogP contribution in [0.25, 0.3) is 22.3 Å². The number of fused-ring (bicyclic) bond motifs is 3. The highest BCUT2D eigenvalue weighted by molar-refractivity contribution is 5.89. The predicted octanol–water partition coefficient (Wildman–Crippen LogP) is 4.26. The highest BCUT2D eigenvalue weighted by Gasteiger charge is 2.35. The van der Waals surface area contributed by atoms with Crippen LogP contribution in [0.4, 0.5) is 0 Å². The van der Waals surface area contributed by atoms with Crippen molar-refractivity contribution >= 4 is 11.0 Å². The number of phenols is 4. The van der Waals surface area contributed by atoms with Crippen LogP contribution in [-0.2, 0) is 6.42 Å². The zero-order valence-corrected chi connectivity index (χ0v) is 18.8. The first-order chi connectivity index (χ1) is 16.8. The lowest BCUT2D eigenvalue weighted by Crippen LogP contribution is -2.30. The minimum absolute atomic E-state index is 0.0969. The van der Waals surface area contributed by atoms with Crippen molar-refractivity contribution in [1.82, 2.24) is 0 Å². The van der Waals surface area contributed by atoms with E-state index >= 15 is 0 Å². The minimum atomic E-state index is -0.997. The molecule has 1 aliphatic rings. The third kappa shape index (κ3) is 3.75. The Morgan fingerprint density at radius 3 is 2.23 bits per heavy atom. The van der Waals surface area contributed by atoms with Crippen LogP contribution in [0.2, 0.25) is 0 Å². The van der Waals surface area contributed by atoms with Gasteiger partial charge in [-0.2, -0.15) is 0 Å². The van der Waals surface area contributed by atoms with E-state index in [-0.39, 0.29) is 40.9 Å². The molecule has 5 rings (SSSR count). The summed E-state index contributed by atoms with van der Waals surface area (Å²) >= 11 is 0. The zero-order valence-electron chi connectivity index (χ0n) is 18.8. The van der Waals surface area contributed by atoms with E-state index in [2.05, 4.69) is 0 Å². The van der Waals surface area contributed by atoms with Crippen LogP contribution in [0.5, 0.6) is 40.2 Å². The van der Waals surface area contributed by atoms with Gasteiger partial charge in [-0.15, -0.1) is 0 Å². The van der Waals surface area contributed by atoms with Gasteiger partial charge in [-0.3, -0.25) is 0 Å². The van der Waals surface area contributed by atoms with Crippen LogP contribution in [0.1, 0.15) is 17.2 Å². The maximum Gasteiger partial charge on any atom is 0.368 e. The fourth-order valence-corrected chi connectivity index (χ4v) is 4.29. The van der Waals surface area contributed by atoms with Gasteiger partial charge in [-0.25, -0.2) is 4.42 Å². The molecule has 0 spiro atoms. The Bertz CT molecular complexity index is 1420. The second-order valence-electron chi connectivity index (χ2n) is 8.20. The Morgan fingerprint density at radius 1 is 0.857 bits per heavy atom. The fourth-order valence-electron chi connectivity index (χ4n) is 4.29. The van der Waals surface area contributed by atoms with E-state index in [1.165, 1.54) is 32.4 Å². The maximum absolute atomic E-state index is 10.7. The quantitative estimate of drug-likeness (QED) is 0.214. The van der Waals surface area contributed by atoms with Gasteiger partial charge in [0.15, 0.2) is 29.1 Å². The second-order valence-corrected chi connectivity index (χ2v) is 8.20. The van der Waals surface area contributed by atoms with Crippen LogP contribution in [0.15, 0.2) is 52.9 Å². The first-order valence-corrected chi connectivity index (χ1v) is 10.7. The predicted molar refractivity (Wildman–Crippen MR) is 125 cm³/mol. The summed E-state index contributed by atoms with van der Waals surface area (Å²) in [5, 5.41) is 51.6. The van der Waals surface area contributed by atoms with Gasteiger partial charge >= 0.3 is 11.3 Å².